The van der Waals surface area contributed by atoms with Crippen LogP contribution in [0, 0.1) is 0 Å². The summed E-state index contributed by atoms with van der Waals surface area (Å²) in [5.74, 6) is 0.917. The molecule has 0 fully saturated rings. The van der Waals surface area contributed by atoms with Gasteiger partial charge in [0.25, 0.3) is 0 Å². The van der Waals surface area contributed by atoms with Crippen molar-refractivity contribution in [2.45, 2.75) is 28.2 Å². The number of carbonyl (C=O) groups excluding carboxylic acids is 1. The smallest absolute Gasteiger partial charge is 0.318 e. The van der Waals surface area contributed by atoms with Gasteiger partial charge in [0.2, 0.25) is 0 Å². The summed E-state index contributed by atoms with van der Waals surface area (Å²) in [4.78, 5) is 20.2. The molecule has 2 aromatic heterocycles. The minimum atomic E-state index is -0.414. The van der Waals surface area contributed by atoms with Crippen molar-refractivity contribution in [1.29, 1.82) is 0 Å². The molecule has 0 aliphatic rings. The largest absolute Gasteiger partial charge is 0.468 e. The number of hydrogen-bond donors (Lipinski definition) is 0. The van der Waals surface area contributed by atoms with Gasteiger partial charge in [-0.1, -0.05) is 35.1 Å². The van der Waals surface area contributed by atoms with Crippen LogP contribution in [-0.2, 0) is 15.3 Å². The first-order chi connectivity index (χ1) is 13.1. The second kappa shape index (κ2) is 9.20. The highest BCUT2D eigenvalue weighted by Gasteiger charge is 2.21. The molecule has 0 spiro atoms. The number of aromatic nitrogens is 5. The fraction of sp³-hybridized carbons (Fsp3) is 0.235. The molecule has 10 heteroatoms. The van der Waals surface area contributed by atoms with E-state index in [1.54, 1.807) is 37.5 Å². The van der Waals surface area contributed by atoms with Crippen molar-refractivity contribution in [3.8, 4) is 5.69 Å². The summed E-state index contributed by atoms with van der Waals surface area (Å²) < 4.78 is 6.70. The molecule has 1 atom stereocenters. The molecule has 3 rings (SSSR count). The second-order valence-electron chi connectivity index (χ2n) is 5.31. The number of halogens is 1. The van der Waals surface area contributed by atoms with Crippen LogP contribution in [0.5, 0.6) is 0 Å². The number of nitrogens with zero attached hydrogens (tertiary/aromatic N) is 5. The van der Waals surface area contributed by atoms with Gasteiger partial charge in [0.1, 0.15) is 11.1 Å². The van der Waals surface area contributed by atoms with Gasteiger partial charge in [-0.15, -0.1) is 10.2 Å². The van der Waals surface area contributed by atoms with E-state index in [4.69, 9.17) is 16.3 Å². The molecule has 0 saturated heterocycles. The lowest BCUT2D eigenvalue weighted by Crippen LogP contribution is -2.15. The molecule has 3 aromatic rings. The van der Waals surface area contributed by atoms with E-state index in [-0.39, 0.29) is 5.97 Å². The highest BCUT2D eigenvalue weighted by molar-refractivity contribution is 8.00. The van der Waals surface area contributed by atoms with Gasteiger partial charge < -0.3 is 4.74 Å². The van der Waals surface area contributed by atoms with Gasteiger partial charge in [-0.3, -0.25) is 9.36 Å². The Balaban J connectivity index is 1.90. The number of methoxy groups -OCH3 is 1. The Bertz CT molecular complexity index is 905. The van der Waals surface area contributed by atoms with Gasteiger partial charge in [0.05, 0.1) is 12.9 Å². The molecular formula is C17H16ClN5O2S2. The number of ether oxygens (including phenoxy) is 1. The van der Waals surface area contributed by atoms with E-state index in [9.17, 15) is 4.79 Å². The van der Waals surface area contributed by atoms with E-state index in [1.807, 2.05) is 16.7 Å². The zero-order valence-electron chi connectivity index (χ0n) is 14.6. The summed E-state index contributed by atoms with van der Waals surface area (Å²) >= 11 is 8.75. The summed E-state index contributed by atoms with van der Waals surface area (Å²) in [6.45, 7) is 1.77. The topological polar surface area (TPSA) is 82.8 Å². The first kappa shape index (κ1) is 19.7. The van der Waals surface area contributed by atoms with Crippen molar-refractivity contribution in [2.24, 2.45) is 0 Å². The van der Waals surface area contributed by atoms with Crippen molar-refractivity contribution in [3.05, 3.63) is 53.6 Å². The molecule has 0 unspecified atom stereocenters. The molecule has 0 N–H and O–H groups in total. The van der Waals surface area contributed by atoms with Crippen molar-refractivity contribution >= 4 is 41.1 Å². The molecule has 0 radical (unpaired) electrons. The molecule has 0 amide bonds. The third-order valence-electron chi connectivity index (χ3n) is 3.47. The molecule has 0 aliphatic heterocycles. The van der Waals surface area contributed by atoms with E-state index in [1.165, 1.54) is 30.6 Å². The third-order valence-corrected chi connectivity index (χ3v) is 5.62. The van der Waals surface area contributed by atoms with Crippen molar-refractivity contribution < 1.29 is 9.53 Å². The Hall–Kier alpha value is -2.10. The van der Waals surface area contributed by atoms with Crippen LogP contribution in [0.2, 0.25) is 5.02 Å². The van der Waals surface area contributed by atoms with E-state index < -0.39 is 5.25 Å². The zero-order valence-corrected chi connectivity index (χ0v) is 17.0. The first-order valence-corrected chi connectivity index (χ1v) is 10.2. The highest BCUT2D eigenvalue weighted by Crippen LogP contribution is 2.29. The molecular weight excluding hydrogens is 406 g/mol. The summed E-state index contributed by atoms with van der Waals surface area (Å²) in [5, 5.41) is 10.0. The van der Waals surface area contributed by atoms with Crippen molar-refractivity contribution in [1.82, 2.24) is 24.7 Å². The van der Waals surface area contributed by atoms with Crippen LogP contribution in [0.25, 0.3) is 5.69 Å². The summed E-state index contributed by atoms with van der Waals surface area (Å²) in [6, 6.07) is 9.12. The quantitative estimate of drug-likeness (QED) is 0.324. The van der Waals surface area contributed by atoms with Crippen molar-refractivity contribution in [3.63, 3.8) is 0 Å². The predicted molar refractivity (Wildman–Crippen MR) is 105 cm³/mol. The number of carbonyl (C=O) groups is 1. The minimum absolute atomic E-state index is 0.320. The number of benzene rings is 1. The fourth-order valence-corrected chi connectivity index (χ4v) is 3.94. The molecule has 0 aliphatic carbocycles. The predicted octanol–water partition coefficient (Wildman–Crippen LogP) is 3.66. The lowest BCUT2D eigenvalue weighted by atomic mass is 10.3. The van der Waals surface area contributed by atoms with Crippen LogP contribution in [0.4, 0.5) is 0 Å². The van der Waals surface area contributed by atoms with Gasteiger partial charge >= 0.3 is 5.97 Å². The highest BCUT2D eigenvalue weighted by atomic mass is 35.5. The number of hydrogen-bond acceptors (Lipinski definition) is 8. The average molecular weight is 422 g/mol. The SMILES string of the molecule is COC(=O)[C@@H](C)Sc1nnc(CSc2ncccn2)n1-c1ccc(Cl)cc1. The Morgan fingerprint density at radius 3 is 2.59 bits per heavy atom. The second-order valence-corrected chi connectivity index (χ2v) is 8.00. The van der Waals surface area contributed by atoms with Gasteiger partial charge in [0.15, 0.2) is 10.3 Å². The maximum atomic E-state index is 11.8. The molecule has 140 valence electrons. The lowest BCUT2D eigenvalue weighted by Gasteiger charge is -2.12. The van der Waals surface area contributed by atoms with Crippen LogP contribution in [0.3, 0.4) is 0 Å². The number of thioether (sulfide) groups is 2. The standard InChI is InChI=1S/C17H16ClN5O2S2/c1-11(15(24)25-2)27-17-22-21-14(10-26-16-19-8-3-9-20-16)23(17)13-6-4-12(18)5-7-13/h3-9,11H,10H2,1-2H3/t11-/m1/s1. The Kier molecular flexibility index (Phi) is 6.70. The Morgan fingerprint density at radius 1 is 1.22 bits per heavy atom. The molecule has 0 bridgehead atoms. The zero-order chi connectivity index (χ0) is 19.2. The molecule has 0 saturated carbocycles. The van der Waals surface area contributed by atoms with Crippen LogP contribution in [-0.4, -0.2) is 43.1 Å². The number of esters is 1. The maximum Gasteiger partial charge on any atom is 0.318 e. The molecule has 1 aromatic carbocycles. The van der Waals surface area contributed by atoms with Crippen LogP contribution < -0.4 is 0 Å². The summed E-state index contributed by atoms with van der Waals surface area (Å²) in [7, 11) is 1.37. The molecule has 7 nitrogen and oxygen atoms in total. The van der Waals surface area contributed by atoms with E-state index in [0.29, 0.717) is 26.9 Å². The number of rotatable bonds is 7. The first-order valence-electron chi connectivity index (χ1n) is 7.93. The normalized spacial score (nSPS) is 12.0. The monoisotopic (exact) mass is 421 g/mol. The van der Waals surface area contributed by atoms with E-state index in [0.717, 1.165) is 5.69 Å². The third kappa shape index (κ3) is 5.00. The minimum Gasteiger partial charge on any atom is -0.468 e. The Labute approximate surface area is 169 Å². The van der Waals surface area contributed by atoms with Crippen molar-refractivity contribution in [2.75, 3.05) is 7.11 Å². The average Bonchev–Trinajstić information content (AvgIpc) is 3.09. The lowest BCUT2D eigenvalue weighted by molar-refractivity contribution is -0.139. The summed E-state index contributed by atoms with van der Waals surface area (Å²) in [5.41, 5.74) is 0.855. The van der Waals surface area contributed by atoms with Gasteiger partial charge in [-0.25, -0.2) is 9.97 Å². The molecule has 2 heterocycles. The van der Waals surface area contributed by atoms with E-state index >= 15 is 0 Å². The van der Waals surface area contributed by atoms with Crippen LogP contribution >= 0.6 is 35.1 Å². The maximum absolute atomic E-state index is 11.8. The summed E-state index contributed by atoms with van der Waals surface area (Å²) in [6.07, 6.45) is 3.39. The van der Waals surface area contributed by atoms with Crippen LogP contribution in [0.1, 0.15) is 12.7 Å². The Morgan fingerprint density at radius 2 is 1.93 bits per heavy atom. The van der Waals surface area contributed by atoms with E-state index in [2.05, 4.69) is 20.2 Å². The van der Waals surface area contributed by atoms with Crippen LogP contribution in [0.15, 0.2) is 53.0 Å². The molecule has 27 heavy (non-hydrogen) atoms. The van der Waals surface area contributed by atoms with Gasteiger partial charge in [-0.2, -0.15) is 0 Å². The fourth-order valence-electron chi connectivity index (χ4n) is 2.18. The van der Waals surface area contributed by atoms with Gasteiger partial charge in [0, 0.05) is 23.1 Å². The van der Waals surface area contributed by atoms with Gasteiger partial charge in [-0.05, 0) is 37.3 Å².